The Bertz CT molecular complexity index is 1120. The smallest absolute Gasteiger partial charge is 0.123 e. The van der Waals surface area contributed by atoms with Crippen molar-refractivity contribution in [3.63, 3.8) is 0 Å². The summed E-state index contributed by atoms with van der Waals surface area (Å²) in [7, 11) is 1.50. The number of morpholine rings is 1. The number of aliphatic hydroxyl groups is 1. The fourth-order valence-electron chi connectivity index (χ4n) is 4.86. The summed E-state index contributed by atoms with van der Waals surface area (Å²) < 4.78 is 31.0. The molecule has 10 heteroatoms. The molecule has 2 aromatic carbocycles. The highest BCUT2D eigenvalue weighted by atomic mass is 19.1. The molecule has 8 nitrogen and oxygen atoms in total. The summed E-state index contributed by atoms with van der Waals surface area (Å²) in [5.74, 6) is -0.476. The van der Waals surface area contributed by atoms with Crippen molar-refractivity contribution in [3.05, 3.63) is 94.8 Å². The number of halogens is 2. The van der Waals surface area contributed by atoms with Crippen LogP contribution in [0.1, 0.15) is 41.5 Å². The Morgan fingerprint density at radius 3 is 1.98 bits per heavy atom. The number of nitrogens with one attached hydrogen (secondary N) is 1. The molecule has 2 saturated heterocycles. The molecule has 0 unspecified atom stereocenters. The number of aryl methyl sites for hydroxylation is 1. The van der Waals surface area contributed by atoms with Gasteiger partial charge in [-0.25, -0.2) is 8.78 Å². The van der Waals surface area contributed by atoms with Crippen LogP contribution in [-0.2, 0) is 17.6 Å². The summed E-state index contributed by atoms with van der Waals surface area (Å²) >= 11 is 0. The molecule has 3 aromatic rings. The van der Waals surface area contributed by atoms with Crippen LogP contribution in [0.25, 0.3) is 0 Å². The van der Waals surface area contributed by atoms with Gasteiger partial charge in [-0.05, 0) is 106 Å². The maximum absolute atomic E-state index is 12.6. The molecule has 0 aliphatic carbocycles. The van der Waals surface area contributed by atoms with Gasteiger partial charge in [-0.1, -0.05) is 24.3 Å². The number of aromatic nitrogens is 1. The lowest BCUT2D eigenvalue weighted by Gasteiger charge is -2.29. The van der Waals surface area contributed by atoms with Gasteiger partial charge in [0.2, 0.25) is 0 Å². The number of nitrogen functional groups attached to an aromatic ring is 1. The Kier molecular flexibility index (Phi) is 21.0. The summed E-state index contributed by atoms with van der Waals surface area (Å²) in [5, 5.41) is 12.3. The molecule has 3 heterocycles. The van der Waals surface area contributed by atoms with Crippen LogP contribution < -0.4 is 22.5 Å². The number of likely N-dealkylation sites (tertiary alicyclic amines) is 1. The van der Waals surface area contributed by atoms with E-state index in [4.69, 9.17) is 21.3 Å². The summed E-state index contributed by atoms with van der Waals surface area (Å²) in [6.07, 6.45) is 17.0. The second kappa shape index (κ2) is 23.9. The maximum Gasteiger partial charge on any atom is 0.123 e. The molecule has 2 aliphatic heterocycles. The second-order valence-electron chi connectivity index (χ2n) is 10.6. The summed E-state index contributed by atoms with van der Waals surface area (Å²) in [5.41, 5.74) is 20.9. The standard InChI is InChI=1S/C13H10F2.C13H21N3O2.C6H14N2.C2H2.CH5N/c14-12-5-1-10(2-6-12)9-11-3-7-13(15)8-4-11;1-9-4-15-6-13(14)12(9)3-2-11-5-16-10(7-17)8-18-11;7-3-6-8-4-1-2-5-8;2*1-2/h1-8H,9H2;4,6,10-11,16-17H,2-3,5,7-8,14H2,1H3;1-7H2;1-2H;2H2,1H3/t;10-,11-;;;/m.1.../s1. The zero-order valence-electron chi connectivity index (χ0n) is 26.8. The highest BCUT2D eigenvalue weighted by Crippen LogP contribution is 2.19. The van der Waals surface area contributed by atoms with Crippen molar-refractivity contribution in [2.45, 2.75) is 51.2 Å². The molecule has 1 aromatic heterocycles. The minimum absolute atomic E-state index is 0.0778. The average molecular weight is 627 g/mol. The van der Waals surface area contributed by atoms with Crippen molar-refractivity contribution < 1.29 is 18.6 Å². The summed E-state index contributed by atoms with van der Waals surface area (Å²) in [6.45, 7) is 7.99. The molecule has 45 heavy (non-hydrogen) atoms. The third-order valence-electron chi connectivity index (χ3n) is 7.29. The number of terminal acetylenes is 1. The topological polar surface area (TPSA) is 136 Å². The van der Waals surface area contributed by atoms with Crippen molar-refractivity contribution in [1.29, 1.82) is 0 Å². The summed E-state index contributed by atoms with van der Waals surface area (Å²) in [4.78, 5) is 6.48. The van der Waals surface area contributed by atoms with E-state index in [1.807, 2.05) is 13.1 Å². The molecule has 0 radical (unpaired) electrons. The first-order valence-electron chi connectivity index (χ1n) is 15.3. The molecular formula is C35H52F2N6O2. The molecular weight excluding hydrogens is 574 g/mol. The van der Waals surface area contributed by atoms with Crippen LogP contribution in [-0.4, -0.2) is 80.1 Å². The normalized spacial score (nSPS) is 17.2. The van der Waals surface area contributed by atoms with E-state index in [2.05, 4.69) is 33.8 Å². The van der Waals surface area contributed by atoms with E-state index in [0.717, 1.165) is 60.4 Å². The van der Waals surface area contributed by atoms with E-state index in [1.165, 1.54) is 57.2 Å². The quantitative estimate of drug-likeness (QED) is 0.239. The van der Waals surface area contributed by atoms with Crippen molar-refractivity contribution >= 4 is 5.69 Å². The van der Waals surface area contributed by atoms with Crippen LogP contribution in [0.2, 0.25) is 0 Å². The first-order valence-corrected chi connectivity index (χ1v) is 15.3. The number of ether oxygens (including phenoxy) is 1. The molecule has 0 bridgehead atoms. The van der Waals surface area contributed by atoms with Gasteiger partial charge < -0.3 is 37.3 Å². The Balaban J connectivity index is 0.000000337. The van der Waals surface area contributed by atoms with E-state index in [-0.39, 0.29) is 30.4 Å². The third kappa shape index (κ3) is 15.9. The number of nitrogens with two attached hydrogens (primary N) is 3. The lowest BCUT2D eigenvalue weighted by atomic mass is 10.0. The van der Waals surface area contributed by atoms with E-state index in [9.17, 15) is 8.78 Å². The minimum atomic E-state index is -0.238. The fraction of sp³-hybridized carbons (Fsp3) is 0.457. The highest BCUT2D eigenvalue weighted by Gasteiger charge is 2.20. The van der Waals surface area contributed by atoms with Gasteiger partial charge in [-0.15, -0.1) is 12.8 Å². The number of pyridine rings is 1. The Morgan fingerprint density at radius 2 is 1.53 bits per heavy atom. The van der Waals surface area contributed by atoms with Gasteiger partial charge in [-0.3, -0.25) is 4.98 Å². The van der Waals surface area contributed by atoms with Crippen LogP contribution in [0.4, 0.5) is 14.5 Å². The van der Waals surface area contributed by atoms with Crippen molar-refractivity contribution in [3.8, 4) is 12.8 Å². The number of rotatable bonds is 8. The molecule has 5 rings (SSSR count). The molecule has 0 saturated carbocycles. The van der Waals surface area contributed by atoms with Crippen LogP contribution >= 0.6 is 0 Å². The van der Waals surface area contributed by atoms with Gasteiger partial charge in [0.1, 0.15) is 11.6 Å². The van der Waals surface area contributed by atoms with Gasteiger partial charge in [0.15, 0.2) is 0 Å². The number of benzene rings is 2. The van der Waals surface area contributed by atoms with Gasteiger partial charge in [0.05, 0.1) is 37.2 Å². The molecule has 8 N–H and O–H groups in total. The number of nitrogens with zero attached hydrogens (tertiary/aromatic N) is 2. The number of anilines is 1. The predicted octanol–water partition coefficient (Wildman–Crippen LogP) is 3.67. The van der Waals surface area contributed by atoms with Gasteiger partial charge in [0.25, 0.3) is 0 Å². The Morgan fingerprint density at radius 1 is 0.978 bits per heavy atom. The molecule has 0 spiro atoms. The monoisotopic (exact) mass is 626 g/mol. The lowest BCUT2D eigenvalue weighted by Crippen LogP contribution is -2.48. The Labute approximate surface area is 268 Å². The first kappa shape index (κ1) is 39.6. The van der Waals surface area contributed by atoms with E-state index in [1.54, 1.807) is 30.5 Å². The molecule has 2 aliphatic rings. The van der Waals surface area contributed by atoms with Crippen molar-refractivity contribution in [1.82, 2.24) is 15.2 Å². The minimum Gasteiger partial charge on any atom is -0.397 e. The van der Waals surface area contributed by atoms with E-state index < -0.39 is 0 Å². The average Bonchev–Trinajstić information content (AvgIpc) is 3.59. The van der Waals surface area contributed by atoms with Crippen LogP contribution in [0, 0.1) is 31.4 Å². The highest BCUT2D eigenvalue weighted by molar-refractivity contribution is 5.48. The zero-order chi connectivity index (χ0) is 33.5. The third-order valence-corrected chi connectivity index (χ3v) is 7.29. The number of aliphatic hydroxyl groups excluding tert-OH is 1. The van der Waals surface area contributed by atoms with E-state index in [0.29, 0.717) is 13.0 Å². The predicted molar refractivity (Wildman–Crippen MR) is 181 cm³/mol. The first-order chi connectivity index (χ1) is 21.9. The van der Waals surface area contributed by atoms with Crippen LogP contribution in [0.5, 0.6) is 0 Å². The summed E-state index contributed by atoms with van der Waals surface area (Å²) in [6, 6.07) is 12.7. The lowest BCUT2D eigenvalue weighted by molar-refractivity contribution is -0.0117. The van der Waals surface area contributed by atoms with Crippen LogP contribution in [0.3, 0.4) is 0 Å². The SMILES string of the molecule is C#C.CN.Cc1cncc(N)c1CC[C@@H]1CN[C@H](CO)CO1.Fc1ccc(Cc2ccc(F)cc2)cc1.NCCN1CCCC1. The Hall–Kier alpha value is -3.43. The van der Waals surface area contributed by atoms with E-state index >= 15 is 0 Å². The molecule has 2 atom stereocenters. The van der Waals surface area contributed by atoms with Gasteiger partial charge in [0, 0.05) is 25.8 Å². The van der Waals surface area contributed by atoms with Crippen LogP contribution in [0.15, 0.2) is 60.9 Å². The van der Waals surface area contributed by atoms with Gasteiger partial charge >= 0.3 is 0 Å². The fourth-order valence-corrected chi connectivity index (χ4v) is 4.86. The maximum atomic E-state index is 12.6. The zero-order valence-corrected chi connectivity index (χ0v) is 26.8. The molecule has 2 fully saturated rings. The second-order valence-corrected chi connectivity index (χ2v) is 10.6. The number of hydrogen-bond donors (Lipinski definition) is 5. The molecule has 0 amide bonds. The van der Waals surface area contributed by atoms with Crippen molar-refractivity contribution in [2.75, 3.05) is 58.7 Å². The largest absolute Gasteiger partial charge is 0.397 e. The van der Waals surface area contributed by atoms with Crippen molar-refractivity contribution in [2.24, 2.45) is 11.5 Å². The van der Waals surface area contributed by atoms with Gasteiger partial charge in [-0.2, -0.15) is 0 Å². The number of hydrogen-bond acceptors (Lipinski definition) is 8. The molecule has 248 valence electrons.